The lowest BCUT2D eigenvalue weighted by molar-refractivity contribution is -0.142. The molecule has 1 aliphatic carbocycles. The number of nitrogens with one attached hydrogen (secondary N) is 1. The van der Waals surface area contributed by atoms with Gasteiger partial charge in [0.15, 0.2) is 0 Å². The second kappa shape index (κ2) is 10.8. The number of carbonyl (C=O) groups is 3. The maximum absolute atomic E-state index is 13.6. The maximum atomic E-state index is 13.6. The van der Waals surface area contributed by atoms with Crippen LogP contribution in [-0.2, 0) is 14.4 Å². The number of hydrogen-bond donors (Lipinski definition) is 2. The van der Waals surface area contributed by atoms with Crippen molar-refractivity contribution in [2.75, 3.05) is 13.6 Å². The number of amides is 2. The van der Waals surface area contributed by atoms with E-state index in [1.54, 1.807) is 18.0 Å². The number of carboxylic acids is 1. The molecular weight excluding hydrogens is 406 g/mol. The second-order valence-corrected chi connectivity index (χ2v) is 11.0. The summed E-state index contributed by atoms with van der Waals surface area (Å²) < 4.78 is 0. The highest BCUT2D eigenvalue weighted by atomic mass is 16.4. The van der Waals surface area contributed by atoms with Crippen LogP contribution in [0.5, 0.6) is 0 Å². The molecule has 0 bridgehead atoms. The molecule has 0 spiro atoms. The highest BCUT2D eigenvalue weighted by Gasteiger charge is 2.41. The van der Waals surface area contributed by atoms with Gasteiger partial charge in [-0.05, 0) is 50.5 Å². The van der Waals surface area contributed by atoms with Crippen molar-refractivity contribution in [1.82, 2.24) is 15.1 Å². The van der Waals surface area contributed by atoms with Crippen LogP contribution in [0.15, 0.2) is 11.6 Å². The summed E-state index contributed by atoms with van der Waals surface area (Å²) in [7, 11) is 1.70. The monoisotopic (exact) mass is 449 g/mol. The van der Waals surface area contributed by atoms with Gasteiger partial charge in [-0.3, -0.25) is 14.5 Å². The third-order valence-corrected chi connectivity index (χ3v) is 7.03. The number of likely N-dealkylation sites (tertiary alicyclic amines) is 1. The van der Waals surface area contributed by atoms with Gasteiger partial charge in [-0.15, -0.1) is 0 Å². The molecule has 2 unspecified atom stereocenters. The SMILES string of the molecule is C/C(=C\[C@H](C(C)C)N(C)C(=O)C(NC(=O)C1CCCCN1C1CCC1)C(C)(C)C)C(=O)O. The average Bonchev–Trinajstić information content (AvgIpc) is 2.66. The highest BCUT2D eigenvalue weighted by Crippen LogP contribution is 2.31. The Morgan fingerprint density at radius 2 is 1.72 bits per heavy atom. The molecule has 0 aromatic rings. The van der Waals surface area contributed by atoms with Crippen molar-refractivity contribution in [3.63, 3.8) is 0 Å². The number of aliphatic carboxylic acids is 1. The van der Waals surface area contributed by atoms with Crippen LogP contribution in [0, 0.1) is 11.3 Å². The lowest BCUT2D eigenvalue weighted by Gasteiger charge is -2.45. The number of carboxylic acid groups (broad SMARTS) is 1. The van der Waals surface area contributed by atoms with E-state index in [-0.39, 0.29) is 35.4 Å². The van der Waals surface area contributed by atoms with Crippen LogP contribution >= 0.6 is 0 Å². The first kappa shape index (κ1) is 26.4. The molecule has 1 aliphatic heterocycles. The summed E-state index contributed by atoms with van der Waals surface area (Å²) in [5, 5.41) is 12.4. The largest absolute Gasteiger partial charge is 0.478 e. The molecule has 1 saturated carbocycles. The lowest BCUT2D eigenvalue weighted by Crippen LogP contribution is -2.61. The van der Waals surface area contributed by atoms with Crippen molar-refractivity contribution in [1.29, 1.82) is 0 Å². The van der Waals surface area contributed by atoms with Crippen LogP contribution in [0.3, 0.4) is 0 Å². The standard InChI is InChI=1S/C25H43N3O4/c1-16(2)20(15-17(3)24(31)32)27(7)23(30)21(25(4,5)6)26-22(29)19-13-8-9-14-28(19)18-11-10-12-18/h15-16,18-21H,8-14H2,1-7H3,(H,26,29)(H,31,32)/b17-15+/t19?,20-,21?/m1/s1. The van der Waals surface area contributed by atoms with E-state index < -0.39 is 17.4 Å². The third kappa shape index (κ3) is 6.33. The first-order valence-electron chi connectivity index (χ1n) is 12.1. The van der Waals surface area contributed by atoms with E-state index in [9.17, 15) is 19.5 Å². The molecule has 1 heterocycles. The minimum atomic E-state index is -0.995. The van der Waals surface area contributed by atoms with Crippen LogP contribution in [0.4, 0.5) is 0 Å². The number of carbonyl (C=O) groups excluding carboxylic acids is 2. The van der Waals surface area contributed by atoms with Crippen LogP contribution < -0.4 is 5.32 Å². The molecule has 0 aromatic heterocycles. The number of rotatable bonds is 8. The molecule has 2 rings (SSSR count). The lowest BCUT2D eigenvalue weighted by atomic mass is 9.84. The van der Waals surface area contributed by atoms with E-state index in [4.69, 9.17) is 0 Å². The Morgan fingerprint density at radius 1 is 1.09 bits per heavy atom. The summed E-state index contributed by atoms with van der Waals surface area (Å²) in [6.45, 7) is 12.3. The molecule has 2 amide bonds. The fourth-order valence-electron chi connectivity index (χ4n) is 4.71. The first-order chi connectivity index (χ1) is 14.8. The predicted molar refractivity (Wildman–Crippen MR) is 126 cm³/mol. The molecule has 2 N–H and O–H groups in total. The molecule has 0 radical (unpaired) electrons. The van der Waals surface area contributed by atoms with Gasteiger partial charge < -0.3 is 15.3 Å². The van der Waals surface area contributed by atoms with Crippen molar-refractivity contribution in [2.24, 2.45) is 11.3 Å². The Morgan fingerprint density at radius 3 is 2.19 bits per heavy atom. The zero-order valence-corrected chi connectivity index (χ0v) is 21.0. The molecule has 182 valence electrons. The normalized spacial score (nSPS) is 22.8. The molecule has 2 fully saturated rings. The fourth-order valence-corrected chi connectivity index (χ4v) is 4.71. The van der Waals surface area contributed by atoms with Crippen molar-refractivity contribution < 1.29 is 19.5 Å². The summed E-state index contributed by atoms with van der Waals surface area (Å²) in [4.78, 5) is 42.3. The molecule has 7 heteroatoms. The van der Waals surface area contributed by atoms with Gasteiger partial charge in [-0.1, -0.05) is 53.5 Å². The number of piperidine rings is 1. The second-order valence-electron chi connectivity index (χ2n) is 11.0. The zero-order valence-electron chi connectivity index (χ0n) is 21.0. The van der Waals surface area contributed by atoms with Crippen molar-refractivity contribution in [2.45, 2.75) is 104 Å². The molecule has 7 nitrogen and oxygen atoms in total. The van der Waals surface area contributed by atoms with Crippen molar-refractivity contribution in [3.8, 4) is 0 Å². The van der Waals surface area contributed by atoms with Gasteiger partial charge >= 0.3 is 5.97 Å². The van der Waals surface area contributed by atoms with Gasteiger partial charge in [-0.2, -0.15) is 0 Å². The van der Waals surface area contributed by atoms with E-state index in [2.05, 4.69) is 10.2 Å². The Labute approximate surface area is 193 Å². The fraction of sp³-hybridized carbons (Fsp3) is 0.800. The number of likely N-dealkylation sites (N-methyl/N-ethyl adjacent to an activating group) is 1. The first-order valence-corrected chi connectivity index (χ1v) is 12.1. The molecule has 0 aromatic carbocycles. The summed E-state index contributed by atoms with van der Waals surface area (Å²) in [6.07, 6.45) is 8.15. The van der Waals surface area contributed by atoms with Gasteiger partial charge in [0.2, 0.25) is 11.8 Å². The van der Waals surface area contributed by atoms with Crippen LogP contribution in [0.1, 0.15) is 80.1 Å². The van der Waals surface area contributed by atoms with Gasteiger partial charge in [0.05, 0.1) is 12.1 Å². The molecule has 3 atom stereocenters. The van der Waals surface area contributed by atoms with Crippen molar-refractivity contribution in [3.05, 3.63) is 11.6 Å². The van der Waals surface area contributed by atoms with Crippen LogP contribution in [-0.4, -0.2) is 70.4 Å². The molecular formula is C25H43N3O4. The predicted octanol–water partition coefficient (Wildman–Crippen LogP) is 3.44. The smallest absolute Gasteiger partial charge is 0.331 e. The van der Waals surface area contributed by atoms with Gasteiger partial charge in [0.1, 0.15) is 6.04 Å². The molecule has 32 heavy (non-hydrogen) atoms. The zero-order chi connectivity index (χ0) is 24.2. The van der Waals surface area contributed by atoms with Crippen molar-refractivity contribution >= 4 is 17.8 Å². The van der Waals surface area contributed by atoms with E-state index >= 15 is 0 Å². The molecule has 1 saturated heterocycles. The quantitative estimate of drug-likeness (QED) is 0.554. The minimum Gasteiger partial charge on any atom is -0.478 e. The van der Waals surface area contributed by atoms with E-state index in [1.165, 1.54) is 13.3 Å². The topological polar surface area (TPSA) is 90.0 Å². The summed E-state index contributed by atoms with van der Waals surface area (Å²) in [5.41, 5.74) is -0.276. The van der Waals surface area contributed by atoms with Crippen LogP contribution in [0.2, 0.25) is 0 Å². The molecule has 2 aliphatic rings. The van der Waals surface area contributed by atoms with Crippen LogP contribution in [0.25, 0.3) is 0 Å². The maximum Gasteiger partial charge on any atom is 0.331 e. The number of nitrogens with zero attached hydrogens (tertiary/aromatic N) is 2. The minimum absolute atomic E-state index is 0.0297. The Bertz CT molecular complexity index is 721. The summed E-state index contributed by atoms with van der Waals surface area (Å²) >= 11 is 0. The summed E-state index contributed by atoms with van der Waals surface area (Å²) in [5.74, 6) is -1.21. The summed E-state index contributed by atoms with van der Waals surface area (Å²) in [6, 6.07) is -0.745. The Balaban J connectivity index is 2.22. The Kier molecular flexibility index (Phi) is 8.91. The van der Waals surface area contributed by atoms with Gasteiger partial charge in [0.25, 0.3) is 0 Å². The average molecular weight is 450 g/mol. The number of hydrogen-bond acceptors (Lipinski definition) is 4. The highest BCUT2D eigenvalue weighted by molar-refractivity contribution is 5.91. The van der Waals surface area contributed by atoms with E-state index in [1.807, 2.05) is 34.6 Å². The third-order valence-electron chi connectivity index (χ3n) is 7.03. The van der Waals surface area contributed by atoms with Gasteiger partial charge in [-0.25, -0.2) is 4.79 Å². The van der Waals surface area contributed by atoms with Gasteiger partial charge in [0, 0.05) is 18.7 Å². The Hall–Kier alpha value is -1.89. The van der Waals surface area contributed by atoms with E-state index in [0.29, 0.717) is 6.04 Å². The van der Waals surface area contributed by atoms with E-state index in [0.717, 1.165) is 38.6 Å².